The molecular formula is C7H4N4. The van der Waals surface area contributed by atoms with E-state index in [9.17, 15) is 0 Å². The average molecular weight is 144 g/mol. The van der Waals surface area contributed by atoms with Crippen LogP contribution in [0.4, 0.5) is 0 Å². The summed E-state index contributed by atoms with van der Waals surface area (Å²) in [4.78, 5) is 10.6. The molecule has 0 bridgehead atoms. The van der Waals surface area contributed by atoms with E-state index in [1.54, 1.807) is 12.3 Å². The van der Waals surface area contributed by atoms with Crippen LogP contribution in [-0.4, -0.2) is 15.0 Å². The summed E-state index contributed by atoms with van der Waals surface area (Å²) in [5.41, 5.74) is 1.22. The molecule has 0 atom stereocenters. The monoisotopic (exact) mass is 144 g/mol. The minimum Gasteiger partial charge on any atom is -0.331 e. The summed E-state index contributed by atoms with van der Waals surface area (Å²) in [6.45, 7) is 0. The fourth-order valence-corrected chi connectivity index (χ4v) is 0.930. The Hall–Kier alpha value is -1.89. The number of aromatic amines is 1. The van der Waals surface area contributed by atoms with E-state index in [0.29, 0.717) is 11.3 Å². The number of nitriles is 1. The second-order valence-electron chi connectivity index (χ2n) is 2.12. The number of aromatic nitrogens is 3. The number of nitrogens with one attached hydrogen (secondary N) is 1. The van der Waals surface area contributed by atoms with Gasteiger partial charge in [0.25, 0.3) is 0 Å². The zero-order valence-corrected chi connectivity index (χ0v) is 5.57. The normalized spacial score (nSPS) is 9.73. The average Bonchev–Trinajstić information content (AvgIpc) is 2.46. The van der Waals surface area contributed by atoms with Crippen LogP contribution in [0.1, 0.15) is 5.69 Å². The molecule has 2 aromatic rings. The van der Waals surface area contributed by atoms with Gasteiger partial charge in [0, 0.05) is 11.6 Å². The first kappa shape index (κ1) is 5.86. The number of nitrogens with zero attached hydrogens (tertiary/aromatic N) is 3. The third-order valence-corrected chi connectivity index (χ3v) is 1.41. The summed E-state index contributed by atoms with van der Waals surface area (Å²) in [6, 6.07) is 3.71. The molecule has 0 amide bonds. The zero-order valence-electron chi connectivity index (χ0n) is 5.57. The summed E-state index contributed by atoms with van der Waals surface area (Å²) >= 11 is 0. The molecule has 0 unspecified atom stereocenters. The molecule has 0 aliphatic heterocycles. The molecule has 0 aromatic carbocycles. The van der Waals surface area contributed by atoms with Crippen LogP contribution in [0.5, 0.6) is 0 Å². The number of hydrogen-bond donors (Lipinski definition) is 1. The van der Waals surface area contributed by atoms with Gasteiger partial charge >= 0.3 is 0 Å². The van der Waals surface area contributed by atoms with E-state index >= 15 is 0 Å². The second kappa shape index (κ2) is 2.06. The van der Waals surface area contributed by atoms with Crippen molar-refractivity contribution < 1.29 is 0 Å². The van der Waals surface area contributed by atoms with Gasteiger partial charge < -0.3 is 4.98 Å². The van der Waals surface area contributed by atoms with Gasteiger partial charge in [-0.1, -0.05) is 0 Å². The molecule has 4 heteroatoms. The molecule has 4 nitrogen and oxygen atoms in total. The van der Waals surface area contributed by atoms with Crippen molar-refractivity contribution in [1.29, 1.82) is 5.26 Å². The minimum atomic E-state index is 0.514. The Kier molecular flexibility index (Phi) is 1.10. The van der Waals surface area contributed by atoms with Crippen LogP contribution >= 0.6 is 0 Å². The molecule has 0 spiro atoms. The van der Waals surface area contributed by atoms with Crippen molar-refractivity contribution in [3.05, 3.63) is 24.3 Å². The van der Waals surface area contributed by atoms with Gasteiger partial charge in [0.05, 0.1) is 0 Å². The Morgan fingerprint density at radius 1 is 1.55 bits per heavy atom. The summed E-state index contributed by atoms with van der Waals surface area (Å²) < 4.78 is 0. The third kappa shape index (κ3) is 0.829. The fourth-order valence-electron chi connectivity index (χ4n) is 0.930. The maximum Gasteiger partial charge on any atom is 0.141 e. The predicted molar refractivity (Wildman–Crippen MR) is 38.6 cm³/mol. The lowest BCUT2D eigenvalue weighted by Crippen LogP contribution is -1.76. The smallest absolute Gasteiger partial charge is 0.141 e. The van der Waals surface area contributed by atoms with Crippen molar-refractivity contribution in [2.75, 3.05) is 0 Å². The minimum absolute atomic E-state index is 0.514. The maximum absolute atomic E-state index is 8.51. The lowest BCUT2D eigenvalue weighted by molar-refractivity contribution is 1.20. The molecule has 0 fully saturated rings. The Bertz CT molecular complexity index is 390. The van der Waals surface area contributed by atoms with Gasteiger partial charge in [-0.2, -0.15) is 5.26 Å². The highest BCUT2D eigenvalue weighted by Crippen LogP contribution is 2.09. The highest BCUT2D eigenvalue weighted by atomic mass is 14.9. The van der Waals surface area contributed by atoms with Crippen LogP contribution in [0.2, 0.25) is 0 Å². The predicted octanol–water partition coefficient (Wildman–Crippen LogP) is 0.830. The molecule has 2 aromatic heterocycles. The highest BCUT2D eigenvalue weighted by Gasteiger charge is 1.98. The van der Waals surface area contributed by atoms with Gasteiger partial charge in [-0.3, -0.25) is 0 Å². The van der Waals surface area contributed by atoms with Crippen molar-refractivity contribution in [3.63, 3.8) is 0 Å². The van der Waals surface area contributed by atoms with Gasteiger partial charge in [-0.05, 0) is 6.07 Å². The van der Waals surface area contributed by atoms with Crippen LogP contribution in [-0.2, 0) is 0 Å². The molecule has 0 aliphatic carbocycles. The van der Waals surface area contributed by atoms with Gasteiger partial charge in [0.2, 0.25) is 0 Å². The molecule has 0 saturated heterocycles. The SMILES string of the molecule is N#Cc1cc2cncnc2[nH]1. The van der Waals surface area contributed by atoms with Crippen LogP contribution in [0, 0.1) is 11.3 Å². The van der Waals surface area contributed by atoms with Crippen molar-refractivity contribution in [2.24, 2.45) is 0 Å². The number of hydrogen-bond acceptors (Lipinski definition) is 3. The summed E-state index contributed by atoms with van der Waals surface area (Å²) in [6.07, 6.45) is 3.11. The molecule has 0 radical (unpaired) electrons. The van der Waals surface area contributed by atoms with E-state index in [4.69, 9.17) is 5.26 Å². The largest absolute Gasteiger partial charge is 0.331 e. The molecule has 1 N–H and O–H groups in total. The Morgan fingerprint density at radius 2 is 2.45 bits per heavy atom. The van der Waals surface area contributed by atoms with Gasteiger partial charge in [0.1, 0.15) is 23.7 Å². The second-order valence-corrected chi connectivity index (χ2v) is 2.12. The van der Waals surface area contributed by atoms with Crippen molar-refractivity contribution in [1.82, 2.24) is 15.0 Å². The van der Waals surface area contributed by atoms with E-state index in [0.717, 1.165) is 5.39 Å². The molecule has 0 aliphatic rings. The van der Waals surface area contributed by atoms with E-state index in [1.807, 2.05) is 6.07 Å². The van der Waals surface area contributed by atoms with Crippen molar-refractivity contribution in [3.8, 4) is 6.07 Å². The summed E-state index contributed by atoms with van der Waals surface area (Å²) in [5, 5.41) is 9.37. The molecule has 2 heterocycles. The van der Waals surface area contributed by atoms with Gasteiger partial charge in [-0.15, -0.1) is 0 Å². The molecule has 11 heavy (non-hydrogen) atoms. The Labute approximate surface area is 62.5 Å². The third-order valence-electron chi connectivity index (χ3n) is 1.41. The standard InChI is InChI=1S/C7H4N4/c8-2-6-1-5-3-9-4-10-7(5)11-6/h1,3-4H,(H,9,10,11). The summed E-state index contributed by atoms with van der Waals surface area (Å²) in [5.74, 6) is 0. The number of fused-ring (bicyclic) bond motifs is 1. The lowest BCUT2D eigenvalue weighted by atomic mass is 10.4. The quantitative estimate of drug-likeness (QED) is 0.595. The van der Waals surface area contributed by atoms with Crippen LogP contribution < -0.4 is 0 Å². The van der Waals surface area contributed by atoms with Gasteiger partial charge in [0.15, 0.2) is 0 Å². The van der Waals surface area contributed by atoms with Crippen molar-refractivity contribution in [2.45, 2.75) is 0 Å². The summed E-state index contributed by atoms with van der Waals surface area (Å²) in [7, 11) is 0. The van der Waals surface area contributed by atoms with E-state index < -0.39 is 0 Å². The van der Waals surface area contributed by atoms with E-state index in [-0.39, 0.29) is 0 Å². The first-order valence-electron chi connectivity index (χ1n) is 3.09. The number of rotatable bonds is 0. The van der Waals surface area contributed by atoms with Crippen LogP contribution in [0.15, 0.2) is 18.6 Å². The van der Waals surface area contributed by atoms with E-state index in [1.165, 1.54) is 6.33 Å². The van der Waals surface area contributed by atoms with Crippen LogP contribution in [0.25, 0.3) is 11.0 Å². The molecule has 2 rings (SSSR count). The topological polar surface area (TPSA) is 65.4 Å². The van der Waals surface area contributed by atoms with Crippen LogP contribution in [0.3, 0.4) is 0 Å². The molecule has 0 saturated carbocycles. The lowest BCUT2D eigenvalue weighted by Gasteiger charge is -1.81. The van der Waals surface area contributed by atoms with E-state index in [2.05, 4.69) is 15.0 Å². The first-order chi connectivity index (χ1) is 5.40. The van der Waals surface area contributed by atoms with Gasteiger partial charge in [-0.25, -0.2) is 9.97 Å². The van der Waals surface area contributed by atoms with Crippen molar-refractivity contribution >= 4 is 11.0 Å². The first-order valence-corrected chi connectivity index (χ1v) is 3.09. The Morgan fingerprint density at radius 3 is 3.18 bits per heavy atom. The Balaban J connectivity index is 2.81. The maximum atomic E-state index is 8.51. The number of H-pyrrole nitrogens is 1. The molecule has 52 valence electrons. The highest BCUT2D eigenvalue weighted by molar-refractivity contribution is 5.76. The zero-order chi connectivity index (χ0) is 7.68. The fraction of sp³-hybridized carbons (Fsp3) is 0. The molecular weight excluding hydrogens is 140 g/mol.